The number of rotatable bonds is 5. The van der Waals surface area contributed by atoms with Crippen LogP contribution in [0.25, 0.3) is 0 Å². The summed E-state index contributed by atoms with van der Waals surface area (Å²) in [6.07, 6.45) is 0. The summed E-state index contributed by atoms with van der Waals surface area (Å²) in [6, 6.07) is 10.6. The zero-order chi connectivity index (χ0) is 15.4. The molecule has 0 aliphatic carbocycles. The van der Waals surface area contributed by atoms with Gasteiger partial charge in [-0.2, -0.15) is 0 Å². The van der Waals surface area contributed by atoms with Crippen molar-refractivity contribution >= 4 is 17.3 Å². The minimum absolute atomic E-state index is 0.0110. The third-order valence-electron chi connectivity index (χ3n) is 3.22. The van der Waals surface area contributed by atoms with Gasteiger partial charge in [0, 0.05) is 24.7 Å². The standard InChI is InChI=1S/C15H14ClFN2O2/c1-10(11-2-5-13(17)6-3-11)18-9-12-4-7-14(19(20)21)8-15(12)16/h2-8,10,18H,9H2,1H3/t10-/m1/s1. The van der Waals surface area contributed by atoms with E-state index in [1.165, 1.54) is 24.3 Å². The van der Waals surface area contributed by atoms with Gasteiger partial charge in [0.2, 0.25) is 0 Å². The van der Waals surface area contributed by atoms with Crippen LogP contribution >= 0.6 is 11.6 Å². The highest BCUT2D eigenvalue weighted by molar-refractivity contribution is 6.31. The van der Waals surface area contributed by atoms with Crippen LogP contribution in [0.1, 0.15) is 24.1 Å². The normalized spacial score (nSPS) is 12.1. The Bertz CT molecular complexity index is 647. The topological polar surface area (TPSA) is 55.2 Å². The molecule has 0 unspecified atom stereocenters. The molecule has 4 nitrogen and oxygen atoms in total. The van der Waals surface area contributed by atoms with E-state index in [1.54, 1.807) is 18.2 Å². The van der Waals surface area contributed by atoms with E-state index in [-0.39, 0.29) is 17.5 Å². The summed E-state index contributed by atoms with van der Waals surface area (Å²) < 4.78 is 12.9. The molecule has 0 spiro atoms. The molecule has 110 valence electrons. The molecule has 1 N–H and O–H groups in total. The van der Waals surface area contributed by atoms with Crippen molar-refractivity contribution in [2.75, 3.05) is 0 Å². The van der Waals surface area contributed by atoms with Crippen LogP contribution in [0.5, 0.6) is 0 Å². The largest absolute Gasteiger partial charge is 0.306 e. The molecule has 1 atom stereocenters. The molecule has 0 radical (unpaired) electrons. The van der Waals surface area contributed by atoms with E-state index in [1.807, 2.05) is 6.92 Å². The van der Waals surface area contributed by atoms with Crippen LogP contribution in [-0.4, -0.2) is 4.92 Å². The summed E-state index contributed by atoms with van der Waals surface area (Å²) >= 11 is 6.03. The van der Waals surface area contributed by atoms with Gasteiger partial charge in [-0.05, 0) is 36.2 Å². The average molecular weight is 309 g/mol. The van der Waals surface area contributed by atoms with Crippen molar-refractivity contribution in [1.29, 1.82) is 0 Å². The number of nitro groups is 1. The first-order chi connectivity index (χ1) is 9.97. The molecule has 0 aromatic heterocycles. The van der Waals surface area contributed by atoms with Crippen LogP contribution in [0.15, 0.2) is 42.5 Å². The van der Waals surface area contributed by atoms with Crippen molar-refractivity contribution in [2.45, 2.75) is 19.5 Å². The zero-order valence-corrected chi connectivity index (χ0v) is 12.1. The summed E-state index contributed by atoms with van der Waals surface area (Å²) in [7, 11) is 0. The predicted octanol–water partition coefficient (Wildman–Crippen LogP) is 4.24. The fourth-order valence-electron chi connectivity index (χ4n) is 1.93. The van der Waals surface area contributed by atoms with E-state index in [9.17, 15) is 14.5 Å². The maximum atomic E-state index is 12.9. The highest BCUT2D eigenvalue weighted by atomic mass is 35.5. The Morgan fingerprint density at radius 2 is 1.95 bits per heavy atom. The Balaban J connectivity index is 2.02. The fraction of sp³-hybridized carbons (Fsp3) is 0.200. The number of hydrogen-bond donors (Lipinski definition) is 1. The fourth-order valence-corrected chi connectivity index (χ4v) is 2.17. The molecule has 2 aromatic rings. The Morgan fingerprint density at radius 3 is 2.52 bits per heavy atom. The Hall–Kier alpha value is -1.98. The molecule has 2 rings (SSSR count). The third-order valence-corrected chi connectivity index (χ3v) is 3.57. The van der Waals surface area contributed by atoms with Crippen LogP contribution in [-0.2, 0) is 6.54 Å². The summed E-state index contributed by atoms with van der Waals surface area (Å²) in [5.74, 6) is -0.274. The van der Waals surface area contributed by atoms with Crippen LogP contribution in [0.4, 0.5) is 10.1 Å². The SMILES string of the molecule is C[C@@H](NCc1ccc([N+](=O)[O-])cc1Cl)c1ccc(F)cc1. The van der Waals surface area contributed by atoms with Gasteiger partial charge < -0.3 is 5.32 Å². The molecule has 0 bridgehead atoms. The second-order valence-corrected chi connectivity index (χ2v) is 5.09. The smallest absolute Gasteiger partial charge is 0.270 e. The molecule has 0 fully saturated rings. The third kappa shape index (κ3) is 4.00. The second kappa shape index (κ2) is 6.65. The molecular formula is C15H14ClFN2O2. The highest BCUT2D eigenvalue weighted by Gasteiger charge is 2.11. The van der Waals surface area contributed by atoms with Crippen molar-refractivity contribution in [1.82, 2.24) is 5.32 Å². The molecule has 6 heteroatoms. The lowest BCUT2D eigenvalue weighted by molar-refractivity contribution is -0.384. The number of hydrogen-bond acceptors (Lipinski definition) is 3. The molecule has 2 aromatic carbocycles. The van der Waals surface area contributed by atoms with Gasteiger partial charge in [-0.3, -0.25) is 10.1 Å². The van der Waals surface area contributed by atoms with E-state index in [2.05, 4.69) is 5.32 Å². The van der Waals surface area contributed by atoms with E-state index < -0.39 is 4.92 Å². The van der Waals surface area contributed by atoms with Gasteiger partial charge in [0.1, 0.15) is 5.82 Å². The second-order valence-electron chi connectivity index (χ2n) is 4.69. The maximum Gasteiger partial charge on any atom is 0.270 e. The first-order valence-electron chi connectivity index (χ1n) is 6.39. The van der Waals surface area contributed by atoms with Crippen molar-refractivity contribution in [3.8, 4) is 0 Å². The monoisotopic (exact) mass is 308 g/mol. The number of halogens is 2. The van der Waals surface area contributed by atoms with Gasteiger partial charge in [0.25, 0.3) is 5.69 Å². The summed E-state index contributed by atoms with van der Waals surface area (Å²) in [5.41, 5.74) is 1.70. The molecule has 21 heavy (non-hydrogen) atoms. The molecule has 0 saturated heterocycles. The lowest BCUT2D eigenvalue weighted by atomic mass is 10.1. The lowest BCUT2D eigenvalue weighted by Crippen LogP contribution is -2.18. The van der Waals surface area contributed by atoms with Gasteiger partial charge in [-0.1, -0.05) is 23.7 Å². The van der Waals surface area contributed by atoms with E-state index >= 15 is 0 Å². The molecule has 0 heterocycles. The van der Waals surface area contributed by atoms with Gasteiger partial charge in [0.15, 0.2) is 0 Å². The summed E-state index contributed by atoms with van der Waals surface area (Å²) in [5, 5.41) is 14.2. The number of non-ortho nitro benzene ring substituents is 1. The molecule has 0 saturated carbocycles. The Morgan fingerprint density at radius 1 is 1.29 bits per heavy atom. The number of nitro benzene ring substituents is 1. The molecule has 0 aliphatic rings. The quantitative estimate of drug-likeness (QED) is 0.664. The summed E-state index contributed by atoms with van der Waals surface area (Å²) in [4.78, 5) is 10.2. The van der Waals surface area contributed by atoms with Crippen LogP contribution in [0.2, 0.25) is 5.02 Å². The first-order valence-corrected chi connectivity index (χ1v) is 6.77. The van der Waals surface area contributed by atoms with E-state index in [4.69, 9.17) is 11.6 Å². The van der Waals surface area contributed by atoms with Gasteiger partial charge in [0.05, 0.1) is 9.95 Å². The maximum absolute atomic E-state index is 12.9. The molecular weight excluding hydrogens is 295 g/mol. The van der Waals surface area contributed by atoms with Crippen molar-refractivity contribution in [3.63, 3.8) is 0 Å². The number of nitrogens with one attached hydrogen (secondary N) is 1. The van der Waals surface area contributed by atoms with Crippen LogP contribution in [0, 0.1) is 15.9 Å². The van der Waals surface area contributed by atoms with Crippen molar-refractivity contribution in [3.05, 3.63) is 74.5 Å². The minimum Gasteiger partial charge on any atom is -0.306 e. The number of benzene rings is 2. The average Bonchev–Trinajstić information content (AvgIpc) is 2.46. The lowest BCUT2D eigenvalue weighted by Gasteiger charge is -2.15. The predicted molar refractivity (Wildman–Crippen MR) is 79.8 cm³/mol. The minimum atomic E-state index is -0.482. The molecule has 0 aliphatic heterocycles. The molecule has 0 amide bonds. The van der Waals surface area contributed by atoms with Crippen LogP contribution < -0.4 is 5.32 Å². The van der Waals surface area contributed by atoms with Gasteiger partial charge in [-0.25, -0.2) is 4.39 Å². The van der Waals surface area contributed by atoms with E-state index in [0.29, 0.717) is 11.6 Å². The Kier molecular flexibility index (Phi) is 4.88. The Labute approximate surface area is 126 Å². The van der Waals surface area contributed by atoms with Crippen molar-refractivity contribution in [2.24, 2.45) is 0 Å². The van der Waals surface area contributed by atoms with Crippen LogP contribution in [0.3, 0.4) is 0 Å². The number of nitrogens with zero attached hydrogens (tertiary/aromatic N) is 1. The van der Waals surface area contributed by atoms with E-state index in [0.717, 1.165) is 11.1 Å². The van der Waals surface area contributed by atoms with Gasteiger partial charge in [-0.15, -0.1) is 0 Å². The first kappa shape index (κ1) is 15.4. The van der Waals surface area contributed by atoms with Crippen molar-refractivity contribution < 1.29 is 9.31 Å². The van der Waals surface area contributed by atoms with Gasteiger partial charge >= 0.3 is 0 Å². The summed E-state index contributed by atoms with van der Waals surface area (Å²) in [6.45, 7) is 2.42. The zero-order valence-electron chi connectivity index (χ0n) is 11.3. The highest BCUT2D eigenvalue weighted by Crippen LogP contribution is 2.23.